The van der Waals surface area contributed by atoms with E-state index in [4.69, 9.17) is 5.73 Å². The van der Waals surface area contributed by atoms with Crippen LogP contribution in [0, 0.1) is 0 Å². The van der Waals surface area contributed by atoms with Crippen LogP contribution in [0.1, 0.15) is 30.0 Å². The van der Waals surface area contributed by atoms with E-state index in [1.807, 2.05) is 42.5 Å². The Morgan fingerprint density at radius 2 is 1.44 bits per heavy atom. The highest BCUT2D eigenvalue weighted by Gasteiger charge is 2.16. The van der Waals surface area contributed by atoms with Gasteiger partial charge < -0.3 is 10.8 Å². The minimum absolute atomic E-state index is 0. The van der Waals surface area contributed by atoms with Gasteiger partial charge in [0, 0.05) is 12.0 Å². The molecule has 0 aliphatic carbocycles. The van der Waals surface area contributed by atoms with Crippen molar-refractivity contribution in [2.45, 2.75) is 18.9 Å². The molecule has 0 saturated heterocycles. The molecule has 0 fully saturated rings. The van der Waals surface area contributed by atoms with Crippen LogP contribution in [0.15, 0.2) is 54.6 Å². The highest BCUT2D eigenvalue weighted by Crippen LogP contribution is 2.29. The summed E-state index contributed by atoms with van der Waals surface area (Å²) in [5, 5.41) is 9.26. The SMILES string of the molecule is CC(c1ccc(O)cc1)C(N)c1ccccc1.Cl. The zero-order chi connectivity index (χ0) is 12.3. The summed E-state index contributed by atoms with van der Waals surface area (Å²) in [5.74, 6) is 0.507. The van der Waals surface area contributed by atoms with Crippen molar-refractivity contribution in [1.29, 1.82) is 0 Å². The quantitative estimate of drug-likeness (QED) is 0.889. The molecule has 0 saturated carbocycles. The largest absolute Gasteiger partial charge is 0.508 e. The van der Waals surface area contributed by atoms with Gasteiger partial charge in [-0.1, -0.05) is 49.4 Å². The number of rotatable bonds is 3. The maximum absolute atomic E-state index is 9.26. The maximum atomic E-state index is 9.26. The molecule has 96 valence electrons. The third-order valence-electron chi connectivity index (χ3n) is 3.14. The van der Waals surface area contributed by atoms with Gasteiger partial charge in [-0.25, -0.2) is 0 Å². The van der Waals surface area contributed by atoms with Gasteiger partial charge in [0.05, 0.1) is 0 Å². The van der Waals surface area contributed by atoms with Crippen molar-refractivity contribution in [2.24, 2.45) is 5.73 Å². The van der Waals surface area contributed by atoms with Crippen LogP contribution in [0.5, 0.6) is 5.75 Å². The van der Waals surface area contributed by atoms with E-state index in [2.05, 4.69) is 6.92 Å². The van der Waals surface area contributed by atoms with Crippen molar-refractivity contribution in [3.8, 4) is 5.75 Å². The van der Waals surface area contributed by atoms with Crippen LogP contribution in [0.4, 0.5) is 0 Å². The number of halogens is 1. The molecule has 0 radical (unpaired) electrons. The molecular formula is C15H18ClNO. The molecule has 2 atom stereocenters. The normalized spacial score (nSPS) is 13.4. The monoisotopic (exact) mass is 263 g/mol. The molecule has 0 heterocycles. The molecule has 2 rings (SSSR count). The first-order valence-electron chi connectivity index (χ1n) is 5.78. The molecule has 18 heavy (non-hydrogen) atoms. The minimum Gasteiger partial charge on any atom is -0.508 e. The van der Waals surface area contributed by atoms with Crippen LogP contribution in [0.2, 0.25) is 0 Å². The van der Waals surface area contributed by atoms with Gasteiger partial charge in [0.25, 0.3) is 0 Å². The molecule has 0 aliphatic rings. The number of hydrogen-bond donors (Lipinski definition) is 2. The molecule has 0 aliphatic heterocycles. The van der Waals surface area contributed by atoms with Gasteiger partial charge in [-0.05, 0) is 23.3 Å². The van der Waals surface area contributed by atoms with Gasteiger partial charge in [-0.15, -0.1) is 12.4 Å². The summed E-state index contributed by atoms with van der Waals surface area (Å²) in [6.45, 7) is 2.10. The van der Waals surface area contributed by atoms with Gasteiger partial charge in [0.2, 0.25) is 0 Å². The number of benzene rings is 2. The highest BCUT2D eigenvalue weighted by atomic mass is 35.5. The van der Waals surface area contributed by atoms with E-state index in [0.717, 1.165) is 11.1 Å². The molecule has 2 unspecified atom stereocenters. The lowest BCUT2D eigenvalue weighted by atomic mass is 9.89. The smallest absolute Gasteiger partial charge is 0.115 e. The van der Waals surface area contributed by atoms with Crippen LogP contribution in [-0.2, 0) is 0 Å². The molecule has 3 N–H and O–H groups in total. The van der Waals surface area contributed by atoms with Crippen molar-refractivity contribution in [3.05, 3.63) is 65.7 Å². The van der Waals surface area contributed by atoms with Crippen LogP contribution in [0.25, 0.3) is 0 Å². The predicted octanol–water partition coefficient (Wildman–Crippen LogP) is 3.62. The molecule has 0 bridgehead atoms. The number of phenols is 1. The van der Waals surface area contributed by atoms with Crippen molar-refractivity contribution in [2.75, 3.05) is 0 Å². The first-order chi connectivity index (χ1) is 8.18. The summed E-state index contributed by atoms with van der Waals surface area (Å²) in [7, 11) is 0. The van der Waals surface area contributed by atoms with E-state index < -0.39 is 0 Å². The molecule has 2 aromatic carbocycles. The number of phenolic OH excluding ortho intramolecular Hbond substituents is 1. The second-order valence-corrected chi connectivity index (χ2v) is 4.32. The molecule has 2 aromatic rings. The van der Waals surface area contributed by atoms with Gasteiger partial charge in [-0.2, -0.15) is 0 Å². The van der Waals surface area contributed by atoms with Gasteiger partial charge in [0.15, 0.2) is 0 Å². The Balaban J connectivity index is 0.00000162. The second-order valence-electron chi connectivity index (χ2n) is 4.32. The average molecular weight is 264 g/mol. The standard InChI is InChI=1S/C15H17NO.ClH/c1-11(12-7-9-14(17)10-8-12)15(16)13-5-3-2-4-6-13;/h2-11,15,17H,16H2,1H3;1H. The Labute approximate surface area is 114 Å². The van der Waals surface area contributed by atoms with Crippen LogP contribution in [0.3, 0.4) is 0 Å². The minimum atomic E-state index is -0.0271. The van der Waals surface area contributed by atoms with Crippen molar-refractivity contribution in [1.82, 2.24) is 0 Å². The van der Waals surface area contributed by atoms with Gasteiger partial charge in [0.1, 0.15) is 5.75 Å². The van der Waals surface area contributed by atoms with E-state index in [1.54, 1.807) is 12.1 Å². The number of aromatic hydroxyl groups is 1. The Kier molecular flexibility index (Phi) is 5.20. The van der Waals surface area contributed by atoms with Gasteiger partial charge in [-0.3, -0.25) is 0 Å². The summed E-state index contributed by atoms with van der Waals surface area (Å²) in [6, 6.07) is 17.3. The predicted molar refractivity (Wildman–Crippen MR) is 77.1 cm³/mol. The molecule has 3 heteroatoms. The van der Waals surface area contributed by atoms with Crippen LogP contribution >= 0.6 is 12.4 Å². The second kappa shape index (κ2) is 6.43. The van der Waals surface area contributed by atoms with Crippen LogP contribution in [-0.4, -0.2) is 5.11 Å². The lowest BCUT2D eigenvalue weighted by molar-refractivity contribution is 0.474. The molecule has 0 spiro atoms. The summed E-state index contributed by atoms with van der Waals surface area (Å²) in [4.78, 5) is 0. The van der Waals surface area contributed by atoms with E-state index >= 15 is 0 Å². The summed E-state index contributed by atoms with van der Waals surface area (Å²) >= 11 is 0. The molecule has 2 nitrogen and oxygen atoms in total. The lowest BCUT2D eigenvalue weighted by Gasteiger charge is -2.20. The topological polar surface area (TPSA) is 46.2 Å². The zero-order valence-corrected chi connectivity index (χ0v) is 11.1. The van der Waals surface area contributed by atoms with Gasteiger partial charge >= 0.3 is 0 Å². The fourth-order valence-corrected chi connectivity index (χ4v) is 1.95. The zero-order valence-electron chi connectivity index (χ0n) is 10.3. The van der Waals surface area contributed by atoms with Crippen LogP contribution < -0.4 is 5.73 Å². The van der Waals surface area contributed by atoms with E-state index in [9.17, 15) is 5.11 Å². The van der Waals surface area contributed by atoms with Crippen molar-refractivity contribution < 1.29 is 5.11 Å². The summed E-state index contributed by atoms with van der Waals surface area (Å²) < 4.78 is 0. The molecular weight excluding hydrogens is 246 g/mol. The summed E-state index contributed by atoms with van der Waals surface area (Å²) in [6.07, 6.45) is 0. The Morgan fingerprint density at radius 1 is 0.889 bits per heavy atom. The number of nitrogens with two attached hydrogens (primary N) is 1. The van der Waals surface area contributed by atoms with E-state index in [-0.39, 0.29) is 30.1 Å². The Hall–Kier alpha value is -1.51. The van der Waals surface area contributed by atoms with Crippen molar-refractivity contribution in [3.63, 3.8) is 0 Å². The lowest BCUT2D eigenvalue weighted by Crippen LogP contribution is -2.17. The van der Waals surface area contributed by atoms with Crippen molar-refractivity contribution >= 4 is 12.4 Å². The Morgan fingerprint density at radius 3 is 2.00 bits per heavy atom. The highest BCUT2D eigenvalue weighted by molar-refractivity contribution is 5.85. The first kappa shape index (κ1) is 14.6. The Bertz CT molecular complexity index is 470. The number of hydrogen-bond acceptors (Lipinski definition) is 2. The maximum Gasteiger partial charge on any atom is 0.115 e. The average Bonchev–Trinajstić information content (AvgIpc) is 2.39. The fraction of sp³-hybridized carbons (Fsp3) is 0.200. The third kappa shape index (κ3) is 3.25. The van der Waals surface area contributed by atoms with E-state index in [0.29, 0.717) is 0 Å². The fourth-order valence-electron chi connectivity index (χ4n) is 1.95. The van der Waals surface area contributed by atoms with E-state index in [1.165, 1.54) is 0 Å². The summed E-state index contributed by atoms with van der Waals surface area (Å²) in [5.41, 5.74) is 8.52. The third-order valence-corrected chi connectivity index (χ3v) is 3.14. The molecule has 0 aromatic heterocycles. The first-order valence-corrected chi connectivity index (χ1v) is 5.78. The molecule has 0 amide bonds.